The van der Waals surface area contributed by atoms with Gasteiger partial charge in [0.05, 0.1) is 9.80 Å². The van der Waals surface area contributed by atoms with E-state index in [9.17, 15) is 19.7 Å². The smallest absolute Gasteiger partial charge is 0.293 e. The standard InChI is InChI=1S/C28H31N5O4S/c1-20-10-12-31(13-11-20)24-9-4-21(19-25(24)33(36)37)27(34)29-22-5-7-23(8-6-22)30-14-16-32(17-15-30)28(35)26-3-2-18-38-26/h2-9,18-20H,10-17H2,1H3,(H,29,34). The third kappa shape index (κ3) is 5.65. The molecule has 9 nitrogen and oxygen atoms in total. The van der Waals surface area contributed by atoms with E-state index in [1.165, 1.54) is 17.4 Å². The van der Waals surface area contributed by atoms with Crippen LogP contribution in [0, 0.1) is 16.0 Å². The molecule has 198 valence electrons. The van der Waals surface area contributed by atoms with E-state index in [0.29, 0.717) is 30.4 Å². The summed E-state index contributed by atoms with van der Waals surface area (Å²) in [5.74, 6) is 0.309. The number of thiophene rings is 1. The van der Waals surface area contributed by atoms with Crippen molar-refractivity contribution in [1.29, 1.82) is 0 Å². The number of carbonyl (C=O) groups excluding carboxylic acids is 2. The molecule has 2 aliphatic rings. The topological polar surface area (TPSA) is 99.0 Å². The minimum Gasteiger partial charge on any atom is -0.368 e. The minimum absolute atomic E-state index is 0.0424. The number of piperazine rings is 1. The predicted molar refractivity (Wildman–Crippen MR) is 151 cm³/mol. The zero-order valence-corrected chi connectivity index (χ0v) is 22.2. The molecule has 0 saturated carbocycles. The van der Waals surface area contributed by atoms with E-state index in [-0.39, 0.29) is 23.1 Å². The molecule has 0 radical (unpaired) electrons. The third-order valence-electron chi connectivity index (χ3n) is 7.35. The van der Waals surface area contributed by atoms with Gasteiger partial charge < -0.3 is 20.0 Å². The highest BCUT2D eigenvalue weighted by Gasteiger charge is 2.25. The number of hydrogen-bond acceptors (Lipinski definition) is 7. The summed E-state index contributed by atoms with van der Waals surface area (Å²) >= 11 is 1.46. The van der Waals surface area contributed by atoms with Crippen molar-refractivity contribution in [2.24, 2.45) is 5.92 Å². The van der Waals surface area contributed by atoms with Crippen molar-refractivity contribution < 1.29 is 14.5 Å². The van der Waals surface area contributed by atoms with Crippen LogP contribution in [-0.4, -0.2) is 60.9 Å². The minimum atomic E-state index is -0.410. The fraction of sp³-hybridized carbons (Fsp3) is 0.357. The van der Waals surface area contributed by atoms with Crippen LogP contribution in [-0.2, 0) is 0 Å². The lowest BCUT2D eigenvalue weighted by molar-refractivity contribution is -0.384. The van der Waals surface area contributed by atoms with E-state index in [1.54, 1.807) is 12.1 Å². The molecule has 0 bridgehead atoms. The normalized spacial score (nSPS) is 16.4. The first-order chi connectivity index (χ1) is 18.4. The van der Waals surface area contributed by atoms with Crippen LogP contribution in [0.1, 0.15) is 39.8 Å². The van der Waals surface area contributed by atoms with Crippen LogP contribution in [0.3, 0.4) is 0 Å². The predicted octanol–water partition coefficient (Wildman–Crippen LogP) is 5.11. The number of nitro groups is 1. The van der Waals surface area contributed by atoms with Crippen molar-refractivity contribution in [3.8, 4) is 0 Å². The van der Waals surface area contributed by atoms with Crippen LogP contribution in [0.5, 0.6) is 0 Å². The number of nitrogens with one attached hydrogen (secondary N) is 1. The van der Waals surface area contributed by atoms with Gasteiger partial charge in [-0.25, -0.2) is 0 Å². The highest BCUT2D eigenvalue weighted by molar-refractivity contribution is 7.12. The van der Waals surface area contributed by atoms with Gasteiger partial charge in [0.15, 0.2) is 0 Å². The van der Waals surface area contributed by atoms with Crippen LogP contribution < -0.4 is 15.1 Å². The second kappa shape index (κ2) is 11.2. The van der Waals surface area contributed by atoms with Crippen LogP contribution in [0.4, 0.5) is 22.7 Å². The van der Waals surface area contributed by atoms with E-state index in [0.717, 1.165) is 49.6 Å². The van der Waals surface area contributed by atoms with Gasteiger partial charge in [-0.1, -0.05) is 13.0 Å². The summed E-state index contributed by atoms with van der Waals surface area (Å²) in [5.41, 5.74) is 2.41. The lowest BCUT2D eigenvalue weighted by Crippen LogP contribution is -2.48. The number of benzene rings is 2. The molecule has 5 rings (SSSR count). The maximum Gasteiger partial charge on any atom is 0.293 e. The van der Waals surface area contributed by atoms with Crippen LogP contribution in [0.25, 0.3) is 0 Å². The first-order valence-corrected chi connectivity index (χ1v) is 13.8. The van der Waals surface area contributed by atoms with Gasteiger partial charge in [-0.2, -0.15) is 0 Å². The Kier molecular flexibility index (Phi) is 7.59. The number of hydrogen-bond donors (Lipinski definition) is 1. The van der Waals surface area contributed by atoms with Crippen molar-refractivity contribution >= 4 is 45.9 Å². The molecular formula is C28H31N5O4S. The van der Waals surface area contributed by atoms with E-state index in [1.807, 2.05) is 51.6 Å². The molecule has 10 heteroatoms. The number of anilines is 3. The summed E-state index contributed by atoms with van der Waals surface area (Å²) < 4.78 is 0. The number of rotatable bonds is 6. The van der Waals surface area contributed by atoms with Gasteiger partial charge in [-0.15, -0.1) is 11.3 Å². The molecule has 2 saturated heterocycles. The Labute approximate surface area is 225 Å². The molecule has 2 fully saturated rings. The summed E-state index contributed by atoms with van der Waals surface area (Å²) in [4.78, 5) is 43.8. The fourth-order valence-corrected chi connectivity index (χ4v) is 5.70. The van der Waals surface area contributed by atoms with Crippen LogP contribution in [0.2, 0.25) is 0 Å². The molecule has 0 aliphatic carbocycles. The Morgan fingerprint density at radius 1 is 0.947 bits per heavy atom. The summed E-state index contributed by atoms with van der Waals surface area (Å²) in [5, 5.41) is 16.6. The fourth-order valence-electron chi connectivity index (χ4n) is 5.01. The molecule has 1 aromatic heterocycles. The number of amides is 2. The van der Waals surface area contributed by atoms with Crippen molar-refractivity contribution in [2.45, 2.75) is 19.8 Å². The number of carbonyl (C=O) groups is 2. The van der Waals surface area contributed by atoms with Gasteiger partial charge >= 0.3 is 0 Å². The lowest BCUT2D eigenvalue weighted by Gasteiger charge is -2.36. The summed E-state index contributed by atoms with van der Waals surface area (Å²) in [6.07, 6.45) is 2.00. The molecule has 3 aromatic rings. The van der Waals surface area contributed by atoms with E-state index < -0.39 is 4.92 Å². The molecular weight excluding hydrogens is 502 g/mol. The highest BCUT2D eigenvalue weighted by atomic mass is 32.1. The first kappa shape index (κ1) is 25.7. The molecule has 0 spiro atoms. The van der Waals surface area contributed by atoms with Crippen molar-refractivity contribution in [3.05, 3.63) is 80.5 Å². The Bertz CT molecular complexity index is 1300. The van der Waals surface area contributed by atoms with Crippen molar-refractivity contribution in [1.82, 2.24) is 4.90 Å². The van der Waals surface area contributed by atoms with Crippen molar-refractivity contribution in [3.63, 3.8) is 0 Å². The first-order valence-electron chi connectivity index (χ1n) is 12.9. The summed E-state index contributed by atoms with van der Waals surface area (Å²) in [6, 6.07) is 16.0. The maximum absolute atomic E-state index is 12.9. The van der Waals surface area contributed by atoms with E-state index in [2.05, 4.69) is 17.1 Å². The Hall–Kier alpha value is -3.92. The summed E-state index contributed by atoms with van der Waals surface area (Å²) in [7, 11) is 0. The van der Waals surface area contributed by atoms with Gasteiger partial charge in [0.1, 0.15) is 5.69 Å². The lowest BCUT2D eigenvalue weighted by atomic mass is 9.98. The molecule has 38 heavy (non-hydrogen) atoms. The SMILES string of the molecule is CC1CCN(c2ccc(C(=O)Nc3ccc(N4CCN(C(=O)c5cccs5)CC4)cc3)cc2[N+](=O)[O-])CC1. The van der Waals surface area contributed by atoms with Gasteiger partial charge in [-0.05, 0) is 66.6 Å². The molecule has 2 aromatic carbocycles. The molecule has 2 aliphatic heterocycles. The quantitative estimate of drug-likeness (QED) is 0.349. The molecule has 2 amide bonds. The van der Waals surface area contributed by atoms with Gasteiger partial charge in [0, 0.05) is 62.3 Å². The van der Waals surface area contributed by atoms with Gasteiger partial charge in [0.25, 0.3) is 17.5 Å². The van der Waals surface area contributed by atoms with Gasteiger partial charge in [0.2, 0.25) is 0 Å². The highest BCUT2D eigenvalue weighted by Crippen LogP contribution is 2.32. The third-order valence-corrected chi connectivity index (χ3v) is 8.21. The van der Waals surface area contributed by atoms with Crippen molar-refractivity contribution in [2.75, 3.05) is 54.4 Å². The number of piperidine rings is 1. The summed E-state index contributed by atoms with van der Waals surface area (Å²) in [6.45, 7) is 6.52. The van der Waals surface area contributed by atoms with Crippen LogP contribution in [0.15, 0.2) is 60.0 Å². The Morgan fingerprint density at radius 2 is 1.66 bits per heavy atom. The number of nitrogens with zero attached hydrogens (tertiary/aromatic N) is 4. The average molecular weight is 534 g/mol. The largest absolute Gasteiger partial charge is 0.368 e. The molecule has 0 unspecified atom stereocenters. The van der Waals surface area contributed by atoms with Gasteiger partial charge in [-0.3, -0.25) is 19.7 Å². The Morgan fingerprint density at radius 3 is 2.29 bits per heavy atom. The van der Waals surface area contributed by atoms with Crippen LogP contribution >= 0.6 is 11.3 Å². The second-order valence-corrected chi connectivity index (χ2v) is 10.8. The molecule has 1 N–H and O–H groups in total. The van der Waals surface area contributed by atoms with E-state index >= 15 is 0 Å². The zero-order valence-electron chi connectivity index (χ0n) is 21.3. The zero-order chi connectivity index (χ0) is 26.6. The molecule has 3 heterocycles. The number of nitro benzene ring substituents is 1. The van der Waals surface area contributed by atoms with E-state index in [4.69, 9.17) is 0 Å². The second-order valence-electron chi connectivity index (χ2n) is 9.89. The molecule has 0 atom stereocenters. The Balaban J connectivity index is 1.20. The monoisotopic (exact) mass is 533 g/mol. The average Bonchev–Trinajstić information content (AvgIpc) is 3.48. The maximum atomic E-state index is 12.9.